The highest BCUT2D eigenvalue weighted by atomic mass is 15.3. The van der Waals surface area contributed by atoms with Crippen molar-refractivity contribution in [2.75, 3.05) is 7.05 Å². The summed E-state index contributed by atoms with van der Waals surface area (Å²) in [5.41, 5.74) is 2.33. The standard InChI is InChI=1S/C12H20N4/c1-9(2)12-11(8-16(5)14-12)7-15(4)10(3)6-13/h8-10H,7H2,1-5H3/t10-/m1/s1. The number of nitriles is 1. The third-order valence-corrected chi connectivity index (χ3v) is 2.75. The van der Waals surface area contributed by atoms with Crippen LogP contribution in [0.3, 0.4) is 0 Å². The zero-order valence-electron chi connectivity index (χ0n) is 10.7. The minimum atomic E-state index is -0.0692. The second-order valence-corrected chi connectivity index (χ2v) is 4.59. The first kappa shape index (κ1) is 12.7. The smallest absolute Gasteiger partial charge is 0.0949 e. The monoisotopic (exact) mass is 220 g/mol. The average Bonchev–Trinajstić information content (AvgIpc) is 2.58. The Labute approximate surface area is 97.5 Å². The van der Waals surface area contributed by atoms with Crippen LogP contribution in [-0.4, -0.2) is 27.8 Å². The van der Waals surface area contributed by atoms with Gasteiger partial charge in [-0.2, -0.15) is 10.4 Å². The van der Waals surface area contributed by atoms with Crippen molar-refractivity contribution in [3.63, 3.8) is 0 Å². The van der Waals surface area contributed by atoms with Gasteiger partial charge in [-0.05, 0) is 19.9 Å². The van der Waals surface area contributed by atoms with Crippen molar-refractivity contribution in [2.45, 2.75) is 39.3 Å². The summed E-state index contributed by atoms with van der Waals surface area (Å²) in [4.78, 5) is 2.03. The lowest BCUT2D eigenvalue weighted by Gasteiger charge is -2.19. The molecule has 4 nitrogen and oxygen atoms in total. The van der Waals surface area contributed by atoms with Gasteiger partial charge in [-0.1, -0.05) is 13.8 Å². The number of nitrogens with zero attached hydrogens (tertiary/aromatic N) is 4. The molecule has 0 spiro atoms. The molecule has 0 unspecified atom stereocenters. The Kier molecular flexibility index (Phi) is 4.08. The van der Waals surface area contributed by atoms with E-state index in [4.69, 9.17) is 5.26 Å². The van der Waals surface area contributed by atoms with Gasteiger partial charge in [0, 0.05) is 25.4 Å². The van der Waals surface area contributed by atoms with Gasteiger partial charge in [0.05, 0.1) is 17.8 Å². The molecule has 0 bridgehead atoms. The number of rotatable bonds is 4. The summed E-state index contributed by atoms with van der Waals surface area (Å²) in [5.74, 6) is 0.419. The average molecular weight is 220 g/mol. The second kappa shape index (κ2) is 5.13. The Morgan fingerprint density at radius 1 is 1.50 bits per heavy atom. The van der Waals surface area contributed by atoms with Crippen LogP contribution < -0.4 is 0 Å². The fourth-order valence-corrected chi connectivity index (χ4v) is 1.67. The molecule has 4 heteroatoms. The summed E-state index contributed by atoms with van der Waals surface area (Å²) in [6, 6.07) is 2.17. The van der Waals surface area contributed by atoms with Crippen LogP contribution in [0.1, 0.15) is 37.9 Å². The maximum absolute atomic E-state index is 8.85. The van der Waals surface area contributed by atoms with Gasteiger partial charge in [-0.25, -0.2) is 0 Å². The molecule has 0 amide bonds. The molecule has 16 heavy (non-hydrogen) atoms. The maximum Gasteiger partial charge on any atom is 0.0949 e. The van der Waals surface area contributed by atoms with E-state index in [0.717, 1.165) is 12.2 Å². The predicted molar refractivity (Wildman–Crippen MR) is 63.8 cm³/mol. The summed E-state index contributed by atoms with van der Waals surface area (Å²) >= 11 is 0. The van der Waals surface area contributed by atoms with Gasteiger partial charge in [0.2, 0.25) is 0 Å². The van der Waals surface area contributed by atoms with E-state index in [1.54, 1.807) is 0 Å². The van der Waals surface area contributed by atoms with Crippen molar-refractivity contribution in [2.24, 2.45) is 7.05 Å². The maximum atomic E-state index is 8.85. The molecular weight excluding hydrogens is 200 g/mol. The fraction of sp³-hybridized carbons (Fsp3) is 0.667. The highest BCUT2D eigenvalue weighted by Gasteiger charge is 2.15. The zero-order chi connectivity index (χ0) is 12.3. The Hall–Kier alpha value is -1.34. The first-order valence-corrected chi connectivity index (χ1v) is 5.58. The van der Waals surface area contributed by atoms with Crippen LogP contribution in [0.4, 0.5) is 0 Å². The van der Waals surface area contributed by atoms with Crippen LogP contribution in [-0.2, 0) is 13.6 Å². The van der Waals surface area contributed by atoms with Crippen molar-refractivity contribution < 1.29 is 0 Å². The molecule has 0 saturated heterocycles. The van der Waals surface area contributed by atoms with E-state index < -0.39 is 0 Å². The van der Waals surface area contributed by atoms with E-state index >= 15 is 0 Å². The van der Waals surface area contributed by atoms with Crippen LogP contribution in [0.25, 0.3) is 0 Å². The molecule has 0 aromatic carbocycles. The summed E-state index contributed by atoms with van der Waals surface area (Å²) in [6.45, 7) is 6.96. The molecule has 0 fully saturated rings. The largest absolute Gasteiger partial charge is 0.287 e. The van der Waals surface area contributed by atoms with Crippen molar-refractivity contribution in [3.8, 4) is 6.07 Å². The highest BCUT2D eigenvalue weighted by molar-refractivity contribution is 5.20. The topological polar surface area (TPSA) is 44.9 Å². The molecule has 1 aromatic heterocycles. The molecule has 0 saturated carbocycles. The molecule has 0 N–H and O–H groups in total. The Morgan fingerprint density at radius 2 is 2.12 bits per heavy atom. The van der Waals surface area contributed by atoms with Gasteiger partial charge in [-0.3, -0.25) is 9.58 Å². The van der Waals surface area contributed by atoms with Crippen LogP contribution in [0.2, 0.25) is 0 Å². The highest BCUT2D eigenvalue weighted by Crippen LogP contribution is 2.19. The van der Waals surface area contributed by atoms with Crippen LogP contribution in [0, 0.1) is 11.3 Å². The Bertz CT molecular complexity index is 386. The van der Waals surface area contributed by atoms with Crippen LogP contribution in [0.15, 0.2) is 6.20 Å². The first-order chi connectivity index (χ1) is 7.45. The van der Waals surface area contributed by atoms with E-state index in [0.29, 0.717) is 5.92 Å². The number of aryl methyl sites for hydroxylation is 1. The van der Waals surface area contributed by atoms with E-state index in [1.807, 2.05) is 36.8 Å². The molecule has 0 aliphatic carbocycles. The summed E-state index contributed by atoms with van der Waals surface area (Å²) in [6.07, 6.45) is 2.04. The lowest BCUT2D eigenvalue weighted by Crippen LogP contribution is -2.27. The molecule has 1 aromatic rings. The minimum absolute atomic E-state index is 0.0692. The van der Waals surface area contributed by atoms with Crippen molar-refractivity contribution in [1.29, 1.82) is 5.26 Å². The SMILES string of the molecule is CC(C)c1nn(C)cc1CN(C)[C@H](C)C#N. The molecule has 0 aliphatic rings. The van der Waals surface area contributed by atoms with Crippen LogP contribution >= 0.6 is 0 Å². The Morgan fingerprint density at radius 3 is 2.62 bits per heavy atom. The van der Waals surface area contributed by atoms with E-state index in [1.165, 1.54) is 5.56 Å². The fourth-order valence-electron chi connectivity index (χ4n) is 1.67. The van der Waals surface area contributed by atoms with Gasteiger partial charge in [0.15, 0.2) is 0 Å². The number of hydrogen-bond acceptors (Lipinski definition) is 3. The molecule has 1 heterocycles. The van der Waals surface area contributed by atoms with Gasteiger partial charge in [0.25, 0.3) is 0 Å². The van der Waals surface area contributed by atoms with Crippen LogP contribution in [0.5, 0.6) is 0 Å². The normalized spacial score (nSPS) is 13.1. The van der Waals surface area contributed by atoms with E-state index in [-0.39, 0.29) is 6.04 Å². The van der Waals surface area contributed by atoms with Gasteiger partial charge in [0.1, 0.15) is 0 Å². The minimum Gasteiger partial charge on any atom is -0.287 e. The molecule has 0 radical (unpaired) electrons. The molecule has 88 valence electrons. The molecule has 1 rings (SSSR count). The second-order valence-electron chi connectivity index (χ2n) is 4.59. The van der Waals surface area contributed by atoms with Gasteiger partial charge >= 0.3 is 0 Å². The van der Waals surface area contributed by atoms with E-state index in [2.05, 4.69) is 25.0 Å². The first-order valence-electron chi connectivity index (χ1n) is 5.58. The van der Waals surface area contributed by atoms with Crippen molar-refractivity contribution in [1.82, 2.24) is 14.7 Å². The third-order valence-electron chi connectivity index (χ3n) is 2.75. The molecule has 1 atom stereocenters. The van der Waals surface area contributed by atoms with Crippen molar-refractivity contribution >= 4 is 0 Å². The number of hydrogen-bond donors (Lipinski definition) is 0. The quantitative estimate of drug-likeness (QED) is 0.778. The van der Waals surface area contributed by atoms with Crippen molar-refractivity contribution in [3.05, 3.63) is 17.5 Å². The summed E-state index contributed by atoms with van der Waals surface area (Å²) < 4.78 is 1.84. The molecule has 0 aliphatic heterocycles. The Balaban J connectivity index is 2.85. The number of aromatic nitrogens is 2. The van der Waals surface area contributed by atoms with E-state index in [9.17, 15) is 0 Å². The lowest BCUT2D eigenvalue weighted by atomic mass is 10.1. The zero-order valence-corrected chi connectivity index (χ0v) is 10.7. The molecular formula is C12H20N4. The summed E-state index contributed by atoms with van der Waals surface area (Å²) in [5, 5.41) is 13.3. The van der Waals surface area contributed by atoms with Gasteiger partial charge in [-0.15, -0.1) is 0 Å². The van der Waals surface area contributed by atoms with Gasteiger partial charge < -0.3 is 0 Å². The predicted octanol–water partition coefficient (Wildman–Crippen LogP) is 1.89. The lowest BCUT2D eigenvalue weighted by molar-refractivity contribution is 0.293. The summed E-state index contributed by atoms with van der Waals surface area (Å²) in [7, 11) is 3.90. The third kappa shape index (κ3) is 2.83.